The summed E-state index contributed by atoms with van der Waals surface area (Å²) < 4.78 is 1.93. The van der Waals surface area contributed by atoms with Crippen molar-refractivity contribution in [2.75, 3.05) is 11.1 Å². The smallest absolute Gasteiger partial charge is 0.253 e. The third kappa shape index (κ3) is 7.22. The molecule has 1 heterocycles. The molecule has 0 saturated heterocycles. The number of para-hydroxylation sites is 1. The molecule has 3 aromatic rings. The van der Waals surface area contributed by atoms with Gasteiger partial charge in [-0.2, -0.15) is 0 Å². The number of benzene rings is 2. The molecule has 3 rings (SSSR count). The quantitative estimate of drug-likeness (QED) is 0.304. The van der Waals surface area contributed by atoms with E-state index in [2.05, 4.69) is 34.7 Å². The van der Waals surface area contributed by atoms with Crippen LogP contribution in [0.1, 0.15) is 55.0 Å². The number of hydrogen-bond acceptors (Lipinski definition) is 5. The molecular weight excluding hydrogens is 505 g/mol. The molecule has 0 saturated carbocycles. The first-order chi connectivity index (χ1) is 16.7. The van der Waals surface area contributed by atoms with E-state index in [0.717, 1.165) is 11.3 Å². The maximum absolute atomic E-state index is 13.0. The highest BCUT2D eigenvalue weighted by Crippen LogP contribution is 2.27. The summed E-state index contributed by atoms with van der Waals surface area (Å²) in [6.07, 6.45) is 0.660. The Morgan fingerprint density at radius 1 is 1.11 bits per heavy atom. The third-order valence-corrected chi connectivity index (χ3v) is 6.83. The third-order valence-electron chi connectivity index (χ3n) is 5.31. The average molecular weight is 535 g/mol. The second kappa shape index (κ2) is 12.4. The molecule has 2 amide bonds. The monoisotopic (exact) mass is 533 g/mol. The van der Waals surface area contributed by atoms with Crippen LogP contribution in [0.5, 0.6) is 0 Å². The summed E-state index contributed by atoms with van der Waals surface area (Å²) >= 11 is 13.5. The summed E-state index contributed by atoms with van der Waals surface area (Å²) in [5.74, 6) is 0.685. The number of amides is 2. The van der Waals surface area contributed by atoms with E-state index in [-0.39, 0.29) is 28.6 Å². The van der Waals surface area contributed by atoms with E-state index in [0.29, 0.717) is 40.5 Å². The van der Waals surface area contributed by atoms with Gasteiger partial charge >= 0.3 is 0 Å². The van der Waals surface area contributed by atoms with Crippen LogP contribution in [-0.2, 0) is 11.3 Å². The van der Waals surface area contributed by atoms with Crippen molar-refractivity contribution in [3.8, 4) is 0 Å². The Kier molecular flexibility index (Phi) is 9.60. The Morgan fingerprint density at radius 2 is 1.86 bits per heavy atom. The molecule has 0 radical (unpaired) electrons. The molecule has 2 aromatic carbocycles. The van der Waals surface area contributed by atoms with Gasteiger partial charge in [-0.25, -0.2) is 0 Å². The number of anilines is 1. The maximum atomic E-state index is 13.0. The fourth-order valence-corrected chi connectivity index (χ4v) is 4.90. The van der Waals surface area contributed by atoms with Gasteiger partial charge < -0.3 is 15.2 Å². The molecule has 0 fully saturated rings. The zero-order valence-corrected chi connectivity index (χ0v) is 22.5. The number of aryl methyl sites for hydroxylation is 1. The summed E-state index contributed by atoms with van der Waals surface area (Å²) in [7, 11) is 0. The number of nitrogens with zero attached hydrogens (tertiary/aromatic N) is 3. The minimum atomic E-state index is -0.378. The second-order valence-corrected chi connectivity index (χ2v) is 10.3. The number of carbonyl (C=O) groups is 2. The molecule has 0 bridgehead atoms. The molecule has 0 aliphatic rings. The number of hydrogen-bond donors (Lipinski definition) is 2. The first kappa shape index (κ1) is 27.0. The molecule has 0 aliphatic heterocycles. The summed E-state index contributed by atoms with van der Waals surface area (Å²) in [4.78, 5) is 25.5. The van der Waals surface area contributed by atoms with Crippen molar-refractivity contribution in [1.29, 1.82) is 0 Å². The van der Waals surface area contributed by atoms with Gasteiger partial charge in [-0.3, -0.25) is 9.59 Å². The molecule has 1 atom stereocenters. The lowest BCUT2D eigenvalue weighted by atomic mass is 10.0. The number of carbonyl (C=O) groups excluding carboxylic acids is 2. The number of thioether (sulfide) groups is 1. The molecule has 35 heavy (non-hydrogen) atoms. The molecule has 0 unspecified atom stereocenters. The Hall–Kier alpha value is -2.55. The Balaban J connectivity index is 1.75. The number of halogens is 2. The van der Waals surface area contributed by atoms with Crippen LogP contribution < -0.4 is 10.6 Å². The van der Waals surface area contributed by atoms with E-state index < -0.39 is 0 Å². The van der Waals surface area contributed by atoms with Crippen LogP contribution in [0.4, 0.5) is 5.69 Å². The van der Waals surface area contributed by atoms with Gasteiger partial charge in [-0.1, -0.05) is 67.0 Å². The predicted octanol–water partition coefficient (Wildman–Crippen LogP) is 6.16. The summed E-state index contributed by atoms with van der Waals surface area (Å²) in [6, 6.07) is 12.0. The van der Waals surface area contributed by atoms with Crippen LogP contribution in [0.3, 0.4) is 0 Å². The summed E-state index contributed by atoms with van der Waals surface area (Å²) in [5.41, 5.74) is 2.13. The van der Waals surface area contributed by atoms with Crippen molar-refractivity contribution < 1.29 is 9.59 Å². The lowest BCUT2D eigenvalue weighted by Crippen LogP contribution is -2.32. The highest BCUT2D eigenvalue weighted by molar-refractivity contribution is 7.99. The van der Waals surface area contributed by atoms with Gasteiger partial charge in [0.15, 0.2) is 11.0 Å². The minimum absolute atomic E-state index is 0.124. The van der Waals surface area contributed by atoms with Crippen LogP contribution in [0.15, 0.2) is 47.6 Å². The Bertz CT molecular complexity index is 1200. The van der Waals surface area contributed by atoms with Gasteiger partial charge in [0.05, 0.1) is 22.4 Å². The highest BCUT2D eigenvalue weighted by atomic mass is 35.5. The van der Waals surface area contributed by atoms with E-state index in [1.54, 1.807) is 18.2 Å². The van der Waals surface area contributed by atoms with Gasteiger partial charge in [0.2, 0.25) is 5.91 Å². The zero-order chi connectivity index (χ0) is 25.5. The summed E-state index contributed by atoms with van der Waals surface area (Å²) in [5, 5.41) is 16.1. The molecule has 0 aliphatic carbocycles. The molecule has 1 aromatic heterocycles. The van der Waals surface area contributed by atoms with Gasteiger partial charge in [-0.15, -0.1) is 10.2 Å². The van der Waals surface area contributed by atoms with Crippen LogP contribution >= 0.6 is 35.0 Å². The molecule has 0 spiro atoms. The Morgan fingerprint density at radius 3 is 2.51 bits per heavy atom. The minimum Gasteiger partial charge on any atom is -0.342 e. The van der Waals surface area contributed by atoms with Crippen molar-refractivity contribution in [2.24, 2.45) is 5.92 Å². The molecule has 2 N–H and O–H groups in total. The number of aromatic nitrogens is 3. The first-order valence-corrected chi connectivity index (χ1v) is 13.1. The molecule has 186 valence electrons. The van der Waals surface area contributed by atoms with E-state index in [1.165, 1.54) is 11.8 Å². The number of nitrogens with one attached hydrogen (secondary N) is 2. The van der Waals surface area contributed by atoms with Crippen molar-refractivity contribution in [2.45, 2.75) is 51.9 Å². The topological polar surface area (TPSA) is 88.9 Å². The van der Waals surface area contributed by atoms with Crippen LogP contribution in [0.25, 0.3) is 0 Å². The van der Waals surface area contributed by atoms with Crippen molar-refractivity contribution in [3.05, 3.63) is 69.5 Å². The van der Waals surface area contributed by atoms with Crippen molar-refractivity contribution in [1.82, 2.24) is 20.1 Å². The van der Waals surface area contributed by atoms with Gasteiger partial charge in [-0.05, 0) is 56.0 Å². The zero-order valence-electron chi connectivity index (χ0n) is 20.1. The first-order valence-electron chi connectivity index (χ1n) is 11.4. The number of rotatable bonds is 10. The SMILES string of the molecule is CCn1c(SCC(=O)Nc2ccccc2C)nnc1[C@@H](CC(C)C)NC(=O)c1ccc(Cl)cc1Cl. The van der Waals surface area contributed by atoms with E-state index >= 15 is 0 Å². The molecular formula is C25H29Cl2N5O2S. The van der Waals surface area contributed by atoms with Gasteiger partial charge in [0, 0.05) is 17.3 Å². The van der Waals surface area contributed by atoms with E-state index in [1.807, 2.05) is 42.7 Å². The normalized spacial score (nSPS) is 12.0. The largest absolute Gasteiger partial charge is 0.342 e. The second-order valence-electron chi connectivity index (χ2n) is 8.52. The van der Waals surface area contributed by atoms with Gasteiger partial charge in [0.25, 0.3) is 5.91 Å². The predicted molar refractivity (Wildman–Crippen MR) is 142 cm³/mol. The fraction of sp³-hybridized carbons (Fsp3) is 0.360. The fourth-order valence-electron chi connectivity index (χ4n) is 3.60. The lowest BCUT2D eigenvalue weighted by molar-refractivity contribution is -0.113. The Labute approximate surface area is 220 Å². The van der Waals surface area contributed by atoms with Crippen LogP contribution in [0.2, 0.25) is 10.0 Å². The molecule has 7 nitrogen and oxygen atoms in total. The summed E-state index contributed by atoms with van der Waals surface area (Å²) in [6.45, 7) is 8.67. The lowest BCUT2D eigenvalue weighted by Gasteiger charge is -2.21. The van der Waals surface area contributed by atoms with Gasteiger partial charge in [0.1, 0.15) is 0 Å². The van der Waals surface area contributed by atoms with E-state index in [4.69, 9.17) is 23.2 Å². The highest BCUT2D eigenvalue weighted by Gasteiger charge is 2.25. The van der Waals surface area contributed by atoms with Crippen LogP contribution in [0, 0.1) is 12.8 Å². The maximum Gasteiger partial charge on any atom is 0.253 e. The molecule has 10 heteroatoms. The van der Waals surface area contributed by atoms with Crippen molar-refractivity contribution >= 4 is 52.5 Å². The standard InChI is InChI=1S/C25H29Cl2N5O2S/c1-5-32-23(21(12-15(2)3)29-24(34)18-11-10-17(26)13-19(18)27)30-31-25(32)35-14-22(33)28-20-9-7-6-8-16(20)4/h6-11,13,15,21H,5,12,14H2,1-4H3,(H,28,33)(H,29,34)/t21-/m1/s1. The average Bonchev–Trinajstić information content (AvgIpc) is 3.21. The van der Waals surface area contributed by atoms with E-state index in [9.17, 15) is 9.59 Å². The van der Waals surface area contributed by atoms with Crippen LogP contribution in [-0.4, -0.2) is 32.3 Å². The van der Waals surface area contributed by atoms with Crippen molar-refractivity contribution in [3.63, 3.8) is 0 Å².